The van der Waals surface area contributed by atoms with Crippen LogP contribution in [0.25, 0.3) is 5.69 Å². The van der Waals surface area contributed by atoms with Gasteiger partial charge in [0.15, 0.2) is 0 Å². The van der Waals surface area contributed by atoms with Crippen LogP contribution in [-0.2, 0) is 6.42 Å². The third kappa shape index (κ3) is 2.13. The molecular formula is C15H17ClFN3. The summed E-state index contributed by atoms with van der Waals surface area (Å²) >= 11 is 5.87. The van der Waals surface area contributed by atoms with Gasteiger partial charge in [-0.25, -0.2) is 9.07 Å². The van der Waals surface area contributed by atoms with E-state index in [-0.39, 0.29) is 5.02 Å². The molecule has 3 nitrogen and oxygen atoms in total. The summed E-state index contributed by atoms with van der Waals surface area (Å²) < 4.78 is 15.2. The second kappa shape index (κ2) is 5.19. The van der Waals surface area contributed by atoms with E-state index in [4.69, 9.17) is 17.3 Å². The van der Waals surface area contributed by atoms with Gasteiger partial charge in [-0.3, -0.25) is 0 Å². The van der Waals surface area contributed by atoms with Crippen LogP contribution in [0.4, 0.5) is 4.39 Å². The van der Waals surface area contributed by atoms with E-state index >= 15 is 0 Å². The molecule has 2 N–H and O–H groups in total. The van der Waals surface area contributed by atoms with E-state index in [0.29, 0.717) is 12.5 Å². The van der Waals surface area contributed by atoms with Crippen molar-refractivity contribution >= 4 is 11.6 Å². The van der Waals surface area contributed by atoms with Gasteiger partial charge in [0, 0.05) is 11.3 Å². The Morgan fingerprint density at radius 1 is 1.50 bits per heavy atom. The first-order valence-corrected chi connectivity index (χ1v) is 7.23. The van der Waals surface area contributed by atoms with Gasteiger partial charge in [0.25, 0.3) is 0 Å². The summed E-state index contributed by atoms with van der Waals surface area (Å²) in [5, 5.41) is 4.73. The predicted octanol–water partition coefficient (Wildman–Crippen LogP) is 3.35. The average molecular weight is 294 g/mol. The van der Waals surface area contributed by atoms with Crippen LogP contribution in [0.15, 0.2) is 18.2 Å². The zero-order chi connectivity index (χ0) is 14.3. The van der Waals surface area contributed by atoms with Crippen LogP contribution in [0.2, 0.25) is 5.02 Å². The molecule has 2 aromatic rings. The quantitative estimate of drug-likeness (QED) is 0.923. The van der Waals surface area contributed by atoms with E-state index in [1.165, 1.54) is 17.3 Å². The van der Waals surface area contributed by atoms with Crippen molar-refractivity contribution in [2.75, 3.05) is 6.54 Å². The number of halogens is 2. The highest BCUT2D eigenvalue weighted by molar-refractivity contribution is 6.30. The van der Waals surface area contributed by atoms with Gasteiger partial charge in [-0.15, -0.1) is 0 Å². The molecule has 1 aliphatic carbocycles. The van der Waals surface area contributed by atoms with Gasteiger partial charge in [-0.2, -0.15) is 5.10 Å². The molecule has 3 rings (SSSR count). The van der Waals surface area contributed by atoms with Crippen molar-refractivity contribution in [2.45, 2.75) is 32.1 Å². The minimum absolute atomic E-state index is 0.121. The molecule has 0 aliphatic heterocycles. The van der Waals surface area contributed by atoms with E-state index in [2.05, 4.69) is 5.10 Å². The molecule has 0 amide bonds. The normalized spacial score (nSPS) is 18.1. The second-order valence-electron chi connectivity index (χ2n) is 5.28. The molecule has 1 aliphatic rings. The molecule has 1 aromatic carbocycles. The van der Waals surface area contributed by atoms with Crippen molar-refractivity contribution in [2.24, 2.45) is 5.73 Å². The Kier molecular flexibility index (Phi) is 3.52. The lowest BCUT2D eigenvalue weighted by molar-refractivity contribution is 0.548. The average Bonchev–Trinajstić information content (AvgIpc) is 2.79. The number of hydrogen-bond acceptors (Lipinski definition) is 2. The molecule has 20 heavy (non-hydrogen) atoms. The Balaban J connectivity index is 2.13. The molecular weight excluding hydrogens is 277 g/mol. The number of rotatable bonds is 2. The summed E-state index contributed by atoms with van der Waals surface area (Å²) in [4.78, 5) is 0. The fraction of sp³-hybridized carbons (Fsp3) is 0.400. The molecule has 1 atom stereocenters. The Labute approximate surface area is 122 Å². The summed E-state index contributed by atoms with van der Waals surface area (Å²) in [6, 6.07) is 4.71. The monoisotopic (exact) mass is 293 g/mol. The number of aryl methyl sites for hydroxylation is 1. The van der Waals surface area contributed by atoms with Gasteiger partial charge < -0.3 is 5.73 Å². The summed E-state index contributed by atoms with van der Waals surface area (Å²) in [5.41, 5.74) is 10.1. The van der Waals surface area contributed by atoms with Gasteiger partial charge in [-0.1, -0.05) is 11.6 Å². The second-order valence-corrected chi connectivity index (χ2v) is 5.69. The molecule has 1 heterocycles. The van der Waals surface area contributed by atoms with Crippen molar-refractivity contribution in [1.82, 2.24) is 9.78 Å². The molecule has 0 bridgehead atoms. The summed E-state index contributed by atoms with van der Waals surface area (Å²) in [6.45, 7) is 2.65. The lowest BCUT2D eigenvalue weighted by Gasteiger charge is -2.22. The van der Waals surface area contributed by atoms with E-state index in [1.54, 1.807) is 12.1 Å². The highest BCUT2D eigenvalue weighted by Crippen LogP contribution is 2.34. The zero-order valence-electron chi connectivity index (χ0n) is 11.4. The number of hydrogen-bond donors (Lipinski definition) is 1. The molecule has 5 heteroatoms. The number of aromatic nitrogens is 2. The Morgan fingerprint density at radius 2 is 2.30 bits per heavy atom. The van der Waals surface area contributed by atoms with Gasteiger partial charge in [0.1, 0.15) is 5.82 Å². The smallest absolute Gasteiger partial charge is 0.141 e. The molecule has 0 saturated heterocycles. The number of nitrogens with zero attached hydrogens (tertiary/aromatic N) is 2. The minimum atomic E-state index is -0.409. The van der Waals surface area contributed by atoms with Crippen molar-refractivity contribution < 1.29 is 4.39 Å². The van der Waals surface area contributed by atoms with E-state index in [0.717, 1.165) is 30.6 Å². The maximum absolute atomic E-state index is 13.3. The van der Waals surface area contributed by atoms with Gasteiger partial charge in [-0.05, 0) is 56.8 Å². The fourth-order valence-electron chi connectivity index (χ4n) is 3.09. The topological polar surface area (TPSA) is 43.8 Å². The standard InChI is InChI=1S/C15H17ClFN3/c1-9-15-10(8-18)3-2-4-14(15)20(19-9)11-5-6-13(17)12(16)7-11/h5-7,10H,2-4,8,18H2,1H3. The highest BCUT2D eigenvalue weighted by atomic mass is 35.5. The number of benzene rings is 1. The summed E-state index contributed by atoms with van der Waals surface area (Å²) in [6.07, 6.45) is 3.19. The number of fused-ring (bicyclic) bond motifs is 1. The highest BCUT2D eigenvalue weighted by Gasteiger charge is 2.26. The molecule has 0 fully saturated rings. The first-order valence-electron chi connectivity index (χ1n) is 6.85. The molecule has 0 saturated carbocycles. The van der Waals surface area contributed by atoms with Gasteiger partial charge >= 0.3 is 0 Å². The van der Waals surface area contributed by atoms with Crippen LogP contribution in [0.5, 0.6) is 0 Å². The summed E-state index contributed by atoms with van der Waals surface area (Å²) in [7, 11) is 0. The lowest BCUT2D eigenvalue weighted by atomic mass is 9.85. The summed E-state index contributed by atoms with van der Waals surface area (Å²) in [5.74, 6) is -0.0311. The third-order valence-corrected chi connectivity index (χ3v) is 4.30. The lowest BCUT2D eigenvalue weighted by Crippen LogP contribution is -2.19. The van der Waals surface area contributed by atoms with Gasteiger partial charge in [0.05, 0.1) is 16.4 Å². The van der Waals surface area contributed by atoms with E-state index in [9.17, 15) is 4.39 Å². The van der Waals surface area contributed by atoms with Crippen LogP contribution in [0.3, 0.4) is 0 Å². The predicted molar refractivity (Wildman–Crippen MR) is 78.0 cm³/mol. The van der Waals surface area contributed by atoms with Crippen molar-refractivity contribution in [1.29, 1.82) is 0 Å². The maximum atomic E-state index is 13.3. The van der Waals surface area contributed by atoms with Crippen LogP contribution < -0.4 is 5.73 Å². The van der Waals surface area contributed by atoms with Crippen LogP contribution in [0.1, 0.15) is 35.7 Å². The molecule has 0 spiro atoms. The van der Waals surface area contributed by atoms with E-state index < -0.39 is 5.82 Å². The van der Waals surface area contributed by atoms with Crippen molar-refractivity contribution in [3.8, 4) is 5.69 Å². The van der Waals surface area contributed by atoms with Crippen LogP contribution >= 0.6 is 11.6 Å². The van der Waals surface area contributed by atoms with E-state index in [1.807, 2.05) is 11.6 Å². The van der Waals surface area contributed by atoms with Crippen LogP contribution in [-0.4, -0.2) is 16.3 Å². The zero-order valence-corrected chi connectivity index (χ0v) is 12.1. The first kappa shape index (κ1) is 13.6. The molecule has 0 radical (unpaired) electrons. The SMILES string of the molecule is Cc1nn(-c2ccc(F)c(Cl)c2)c2c1C(CN)CCC2. The Bertz CT molecular complexity index is 651. The number of nitrogens with two attached hydrogens (primary N) is 1. The van der Waals surface area contributed by atoms with Crippen LogP contribution in [0, 0.1) is 12.7 Å². The molecule has 106 valence electrons. The molecule has 1 aromatic heterocycles. The maximum Gasteiger partial charge on any atom is 0.141 e. The fourth-order valence-corrected chi connectivity index (χ4v) is 3.26. The first-order chi connectivity index (χ1) is 9.61. The van der Waals surface area contributed by atoms with Gasteiger partial charge in [0.2, 0.25) is 0 Å². The largest absolute Gasteiger partial charge is 0.330 e. The Morgan fingerprint density at radius 3 is 3.00 bits per heavy atom. The minimum Gasteiger partial charge on any atom is -0.330 e. The third-order valence-electron chi connectivity index (χ3n) is 4.01. The van der Waals surface area contributed by atoms with Crippen molar-refractivity contribution in [3.05, 3.63) is 46.0 Å². The Hall–Kier alpha value is -1.39. The molecule has 1 unspecified atom stereocenters. The van der Waals surface area contributed by atoms with Crippen molar-refractivity contribution in [3.63, 3.8) is 0 Å².